The van der Waals surface area contributed by atoms with E-state index in [-0.39, 0.29) is 0 Å². The Morgan fingerprint density at radius 2 is 2.00 bits per heavy atom. The zero-order chi connectivity index (χ0) is 10.8. The van der Waals surface area contributed by atoms with E-state index in [1.54, 1.807) is 0 Å². The predicted molar refractivity (Wildman–Crippen MR) is 61.8 cm³/mol. The van der Waals surface area contributed by atoms with Crippen LogP contribution in [-0.2, 0) is 4.74 Å². The average molecular weight is 212 g/mol. The lowest BCUT2D eigenvalue weighted by Gasteiger charge is -2.24. The third kappa shape index (κ3) is 2.71. The highest BCUT2D eigenvalue weighted by molar-refractivity contribution is 4.84. The molecule has 2 fully saturated rings. The summed E-state index contributed by atoms with van der Waals surface area (Å²) in [6.07, 6.45) is 4.45. The van der Waals surface area contributed by atoms with Crippen molar-refractivity contribution >= 4 is 0 Å². The van der Waals surface area contributed by atoms with Crippen LogP contribution in [0.1, 0.15) is 33.1 Å². The van der Waals surface area contributed by atoms with Crippen molar-refractivity contribution in [3.8, 4) is 0 Å². The van der Waals surface area contributed by atoms with Crippen molar-refractivity contribution in [1.29, 1.82) is 0 Å². The van der Waals surface area contributed by atoms with E-state index >= 15 is 0 Å². The summed E-state index contributed by atoms with van der Waals surface area (Å²) in [5.74, 6) is 0.853. The fourth-order valence-corrected chi connectivity index (χ4v) is 2.99. The predicted octanol–water partition coefficient (Wildman–Crippen LogP) is 1.22. The number of hydrogen-bond acceptors (Lipinski definition) is 3. The van der Waals surface area contributed by atoms with E-state index in [0.29, 0.717) is 18.8 Å². The van der Waals surface area contributed by atoms with Gasteiger partial charge in [0.25, 0.3) is 0 Å². The molecule has 88 valence electrons. The van der Waals surface area contributed by atoms with Crippen molar-refractivity contribution in [3.05, 3.63) is 0 Å². The molecule has 2 heterocycles. The maximum absolute atomic E-state index is 5.89. The topological polar surface area (TPSA) is 38.5 Å². The highest BCUT2D eigenvalue weighted by Gasteiger charge is 2.31. The van der Waals surface area contributed by atoms with Crippen LogP contribution in [-0.4, -0.2) is 42.8 Å². The van der Waals surface area contributed by atoms with Crippen molar-refractivity contribution in [3.63, 3.8) is 0 Å². The first-order valence-corrected chi connectivity index (χ1v) is 6.28. The van der Waals surface area contributed by atoms with Gasteiger partial charge >= 0.3 is 0 Å². The number of nitrogens with two attached hydrogens (primary N) is 1. The first kappa shape index (κ1) is 11.4. The number of nitrogens with zero attached hydrogens (tertiary/aromatic N) is 1. The molecule has 0 aromatic heterocycles. The van der Waals surface area contributed by atoms with Crippen LogP contribution in [0.5, 0.6) is 0 Å². The fourth-order valence-electron chi connectivity index (χ4n) is 2.99. The molecule has 3 heteroatoms. The highest BCUT2D eigenvalue weighted by Crippen LogP contribution is 2.26. The van der Waals surface area contributed by atoms with Gasteiger partial charge in [-0.25, -0.2) is 0 Å². The molecule has 2 aliphatic heterocycles. The molecule has 0 amide bonds. The average Bonchev–Trinajstić information content (AvgIpc) is 2.75. The van der Waals surface area contributed by atoms with Gasteiger partial charge in [0.15, 0.2) is 0 Å². The van der Waals surface area contributed by atoms with Gasteiger partial charge < -0.3 is 10.5 Å². The molecule has 0 bridgehead atoms. The minimum atomic E-state index is 0.324. The van der Waals surface area contributed by atoms with Gasteiger partial charge in [0.1, 0.15) is 0 Å². The summed E-state index contributed by atoms with van der Waals surface area (Å²) < 4.78 is 5.89. The van der Waals surface area contributed by atoms with Gasteiger partial charge in [-0.15, -0.1) is 0 Å². The number of rotatable bonds is 3. The van der Waals surface area contributed by atoms with E-state index < -0.39 is 0 Å². The highest BCUT2D eigenvalue weighted by atomic mass is 16.5. The van der Waals surface area contributed by atoms with Crippen LogP contribution < -0.4 is 5.73 Å². The fraction of sp³-hybridized carbons (Fsp3) is 1.00. The Morgan fingerprint density at radius 3 is 2.53 bits per heavy atom. The smallest absolute Gasteiger partial charge is 0.0707 e. The van der Waals surface area contributed by atoms with Crippen LogP contribution >= 0.6 is 0 Å². The number of ether oxygens (including phenoxy) is 1. The minimum Gasteiger partial charge on any atom is -0.372 e. The van der Waals surface area contributed by atoms with Crippen LogP contribution in [0.2, 0.25) is 0 Å². The van der Waals surface area contributed by atoms with Gasteiger partial charge in [0.2, 0.25) is 0 Å². The second kappa shape index (κ2) is 4.81. The molecule has 0 radical (unpaired) electrons. The third-order valence-corrected chi connectivity index (χ3v) is 3.81. The van der Waals surface area contributed by atoms with Crippen LogP contribution in [0, 0.1) is 5.92 Å². The first-order chi connectivity index (χ1) is 7.19. The van der Waals surface area contributed by atoms with Crippen LogP contribution in [0.4, 0.5) is 0 Å². The lowest BCUT2D eigenvalue weighted by atomic mass is 10.1. The van der Waals surface area contributed by atoms with Crippen molar-refractivity contribution in [1.82, 2.24) is 4.90 Å². The van der Waals surface area contributed by atoms with E-state index in [1.807, 2.05) is 0 Å². The standard InChI is InChI=1S/C12H24N2O/c1-9-5-10(2)14(7-9)8-12-4-3-11(6-13)15-12/h9-12H,3-8,13H2,1-2H3. The van der Waals surface area contributed by atoms with Gasteiger partial charge in [-0.2, -0.15) is 0 Å². The summed E-state index contributed by atoms with van der Waals surface area (Å²) in [4.78, 5) is 2.58. The Morgan fingerprint density at radius 1 is 1.27 bits per heavy atom. The van der Waals surface area contributed by atoms with Crippen LogP contribution in [0.15, 0.2) is 0 Å². The SMILES string of the molecule is CC1CC(C)N(CC2CCC(CN)O2)C1. The zero-order valence-corrected chi connectivity index (χ0v) is 9.98. The Labute approximate surface area is 93.0 Å². The summed E-state index contributed by atoms with van der Waals surface area (Å²) in [5, 5.41) is 0. The molecular formula is C12H24N2O. The van der Waals surface area contributed by atoms with Crippen LogP contribution in [0.3, 0.4) is 0 Å². The molecular weight excluding hydrogens is 188 g/mol. The van der Waals surface area contributed by atoms with Crippen molar-refractivity contribution in [2.45, 2.75) is 51.4 Å². The van der Waals surface area contributed by atoms with Crippen molar-refractivity contribution < 1.29 is 4.74 Å². The molecule has 0 spiro atoms. The molecule has 0 aromatic rings. The zero-order valence-electron chi connectivity index (χ0n) is 9.98. The summed E-state index contributed by atoms with van der Waals surface area (Å²) in [7, 11) is 0. The summed E-state index contributed by atoms with van der Waals surface area (Å²) in [6.45, 7) is 7.71. The molecule has 4 unspecified atom stereocenters. The van der Waals surface area contributed by atoms with E-state index in [2.05, 4.69) is 18.7 Å². The molecule has 2 aliphatic rings. The van der Waals surface area contributed by atoms with E-state index in [4.69, 9.17) is 10.5 Å². The molecule has 2 N–H and O–H groups in total. The van der Waals surface area contributed by atoms with Crippen molar-refractivity contribution in [2.75, 3.05) is 19.6 Å². The second-order valence-corrected chi connectivity index (χ2v) is 5.34. The largest absolute Gasteiger partial charge is 0.372 e. The monoisotopic (exact) mass is 212 g/mol. The quantitative estimate of drug-likeness (QED) is 0.764. The maximum Gasteiger partial charge on any atom is 0.0707 e. The van der Waals surface area contributed by atoms with Gasteiger partial charge in [-0.05, 0) is 32.1 Å². The lowest BCUT2D eigenvalue weighted by molar-refractivity contribution is 0.0254. The number of hydrogen-bond donors (Lipinski definition) is 1. The molecule has 0 saturated carbocycles. The molecule has 15 heavy (non-hydrogen) atoms. The molecule has 4 atom stereocenters. The lowest BCUT2D eigenvalue weighted by Crippen LogP contribution is -2.35. The Balaban J connectivity index is 1.78. The summed E-state index contributed by atoms with van der Waals surface area (Å²) >= 11 is 0. The van der Waals surface area contributed by atoms with Crippen LogP contribution in [0.25, 0.3) is 0 Å². The van der Waals surface area contributed by atoms with Gasteiger partial charge in [-0.1, -0.05) is 6.92 Å². The Bertz CT molecular complexity index is 210. The third-order valence-electron chi connectivity index (χ3n) is 3.81. The normalized spacial score (nSPS) is 42.6. The molecule has 2 saturated heterocycles. The van der Waals surface area contributed by atoms with Gasteiger partial charge in [-0.3, -0.25) is 4.90 Å². The molecule has 0 aliphatic carbocycles. The summed E-state index contributed by atoms with van der Waals surface area (Å²) in [6, 6.07) is 0.737. The van der Waals surface area contributed by atoms with Gasteiger partial charge in [0, 0.05) is 25.7 Å². The van der Waals surface area contributed by atoms with E-state index in [1.165, 1.54) is 19.4 Å². The maximum atomic E-state index is 5.89. The Hall–Kier alpha value is -0.120. The molecule has 2 rings (SSSR count). The summed E-state index contributed by atoms with van der Waals surface area (Å²) in [5.41, 5.74) is 5.61. The molecule has 3 nitrogen and oxygen atoms in total. The van der Waals surface area contributed by atoms with E-state index in [9.17, 15) is 0 Å². The van der Waals surface area contributed by atoms with Crippen molar-refractivity contribution in [2.24, 2.45) is 11.7 Å². The minimum absolute atomic E-state index is 0.324. The van der Waals surface area contributed by atoms with E-state index in [0.717, 1.165) is 24.9 Å². The molecule has 0 aromatic carbocycles. The second-order valence-electron chi connectivity index (χ2n) is 5.34. The first-order valence-electron chi connectivity index (χ1n) is 6.28. The number of likely N-dealkylation sites (tertiary alicyclic amines) is 1. The Kier molecular flexibility index (Phi) is 3.65. The van der Waals surface area contributed by atoms with Gasteiger partial charge in [0.05, 0.1) is 12.2 Å².